The van der Waals surface area contributed by atoms with Gasteiger partial charge in [0.05, 0.1) is 0 Å². The fourth-order valence-electron chi connectivity index (χ4n) is 4.42. The van der Waals surface area contributed by atoms with Crippen molar-refractivity contribution in [3.05, 3.63) is 16.0 Å². The van der Waals surface area contributed by atoms with Crippen molar-refractivity contribution in [1.29, 1.82) is 0 Å². The Labute approximate surface area is 193 Å². The molecule has 2 aromatic heterocycles. The van der Waals surface area contributed by atoms with Crippen molar-refractivity contribution in [3.8, 4) is 0 Å². The van der Waals surface area contributed by atoms with E-state index in [1.54, 1.807) is 25.4 Å². The molecule has 29 heavy (non-hydrogen) atoms. The van der Waals surface area contributed by atoms with Crippen LogP contribution in [0.1, 0.15) is 107 Å². The third kappa shape index (κ3) is 7.82. The predicted molar refractivity (Wildman–Crippen MR) is 142 cm³/mol. The summed E-state index contributed by atoms with van der Waals surface area (Å²) in [7, 11) is 0. The first-order valence-corrected chi connectivity index (χ1v) is 24.1. The molecule has 0 N–H and O–H groups in total. The summed E-state index contributed by atoms with van der Waals surface area (Å²) in [5, 5.41) is 0. The summed E-state index contributed by atoms with van der Waals surface area (Å²) >= 11 is 2.29. The normalized spacial score (nSPS) is 12.3. The Morgan fingerprint density at radius 3 is 1.55 bits per heavy atom. The number of hydrogen-bond donors (Lipinski definition) is 0. The van der Waals surface area contributed by atoms with Crippen LogP contribution in [0.5, 0.6) is 0 Å². The Hall–Kier alpha value is 0.459. The van der Waals surface area contributed by atoms with Crippen LogP contribution in [0.3, 0.4) is 0 Å². The Bertz CT molecular complexity index is 717. The quantitative estimate of drug-likeness (QED) is 0.156. The minimum atomic E-state index is -2.06. The van der Waals surface area contributed by atoms with Gasteiger partial charge in [-0.3, -0.25) is 0 Å². The van der Waals surface area contributed by atoms with E-state index >= 15 is 0 Å². The summed E-state index contributed by atoms with van der Waals surface area (Å²) in [4.78, 5) is 9.47. The minimum absolute atomic E-state index is 1.31. The zero-order valence-corrected chi connectivity index (χ0v) is 24.7. The van der Waals surface area contributed by atoms with Crippen LogP contribution in [0.2, 0.25) is 14.8 Å². The average Bonchev–Trinajstić information content (AvgIpc) is 3.16. The first-order valence-electron chi connectivity index (χ1n) is 12.4. The van der Waals surface area contributed by atoms with Crippen LogP contribution in [0.15, 0.2) is 0 Å². The van der Waals surface area contributed by atoms with Gasteiger partial charge in [0, 0.05) is 0 Å². The molecule has 0 bridgehead atoms. The van der Waals surface area contributed by atoms with Gasteiger partial charge in [-0.25, -0.2) is 0 Å². The third-order valence-corrected chi connectivity index (χ3v) is 18.3. The van der Waals surface area contributed by atoms with E-state index in [0.717, 1.165) is 0 Å². The molecule has 0 fully saturated rings. The topological polar surface area (TPSA) is 0 Å². The van der Waals surface area contributed by atoms with Crippen molar-refractivity contribution in [3.63, 3.8) is 0 Å². The van der Waals surface area contributed by atoms with E-state index in [0.29, 0.717) is 0 Å². The number of aryl methyl sites for hydroxylation is 3. The van der Waals surface area contributed by atoms with Crippen molar-refractivity contribution < 1.29 is 0 Å². The Balaban J connectivity index is 2.09. The van der Waals surface area contributed by atoms with Gasteiger partial charge in [0.1, 0.15) is 0 Å². The van der Waals surface area contributed by atoms with E-state index in [9.17, 15) is 0 Å². The monoisotopic (exact) mass is 542 g/mol. The maximum atomic E-state index is 2.62. The van der Waals surface area contributed by atoms with E-state index in [2.05, 4.69) is 58.3 Å². The summed E-state index contributed by atoms with van der Waals surface area (Å²) < 4.78 is 5.27. The molecule has 0 unspecified atom stereocenters. The number of unbranched alkanes of at least 4 members (excludes halogenated alkanes) is 10. The summed E-state index contributed by atoms with van der Waals surface area (Å²) in [6, 6.07) is 0. The van der Waals surface area contributed by atoms with E-state index < -0.39 is 18.4 Å². The molecule has 0 aliphatic heterocycles. The van der Waals surface area contributed by atoms with E-state index in [1.807, 2.05) is 2.89 Å². The molecule has 0 radical (unpaired) electrons. The van der Waals surface area contributed by atoms with Crippen LogP contribution < -0.4 is 2.89 Å². The van der Waals surface area contributed by atoms with Crippen molar-refractivity contribution in [2.45, 2.75) is 125 Å². The Morgan fingerprint density at radius 1 is 0.586 bits per heavy atom. The molecule has 0 saturated heterocycles. The summed E-state index contributed by atoms with van der Waals surface area (Å²) in [5.41, 5.74) is 3.52. The van der Waals surface area contributed by atoms with E-state index in [-0.39, 0.29) is 0 Å². The summed E-state index contributed by atoms with van der Waals surface area (Å²) in [6.07, 6.45) is 19.5. The van der Waals surface area contributed by atoms with Crippen LogP contribution in [-0.4, -0.2) is 18.4 Å². The molecule has 2 aromatic rings. The summed E-state index contributed by atoms with van der Waals surface area (Å²) in [6.45, 7) is 7.01. The van der Waals surface area contributed by atoms with Crippen molar-refractivity contribution in [1.82, 2.24) is 0 Å². The fraction of sp³-hybridized carbons (Fsp3) is 0.769. The molecule has 0 saturated carbocycles. The molecule has 0 aliphatic carbocycles. The molecule has 2 rings (SSSR count). The molecule has 0 atom stereocenters. The SMILES string of the molecule is CCCCCCCCc1c(C)sc2c(CCCCCCCC)[c]([Sn]([CH3])([CH3])[CH3])sc12. The molecule has 0 amide bonds. The number of thiophene rings is 2. The molecule has 166 valence electrons. The standard InChI is InChI=1S/C23H37S2.3CH3.Sn/c1-4-6-8-10-12-14-16-20-18-24-23-21(19(3)25-22(20)23)17-15-13-11-9-7-5-2;;;;/h4-17H2,1-3H3;3*1H3;. The van der Waals surface area contributed by atoms with Gasteiger partial charge in [-0.1, -0.05) is 0 Å². The molecular formula is C26H46S2Sn. The molecule has 2 heterocycles. The van der Waals surface area contributed by atoms with Crippen molar-refractivity contribution in [2.75, 3.05) is 0 Å². The van der Waals surface area contributed by atoms with Gasteiger partial charge in [0.15, 0.2) is 0 Å². The van der Waals surface area contributed by atoms with Gasteiger partial charge >= 0.3 is 195 Å². The van der Waals surface area contributed by atoms with E-state index in [1.165, 1.54) is 89.9 Å². The van der Waals surface area contributed by atoms with Crippen LogP contribution in [0.25, 0.3) is 9.40 Å². The predicted octanol–water partition coefficient (Wildman–Crippen LogP) is 9.62. The van der Waals surface area contributed by atoms with Gasteiger partial charge in [-0.15, -0.1) is 0 Å². The first-order chi connectivity index (χ1) is 13.9. The second-order valence-electron chi connectivity index (χ2n) is 9.99. The third-order valence-electron chi connectivity index (χ3n) is 6.15. The van der Waals surface area contributed by atoms with Gasteiger partial charge < -0.3 is 0 Å². The van der Waals surface area contributed by atoms with Gasteiger partial charge in [-0.05, 0) is 0 Å². The Kier molecular flexibility index (Phi) is 11.6. The average molecular weight is 541 g/mol. The maximum absolute atomic E-state index is 2.62. The van der Waals surface area contributed by atoms with Crippen molar-refractivity contribution >= 4 is 53.3 Å². The second kappa shape index (κ2) is 13.1. The zero-order chi connectivity index (χ0) is 21.3. The molecule has 0 aromatic carbocycles. The molecular weight excluding hydrogens is 495 g/mol. The van der Waals surface area contributed by atoms with Crippen LogP contribution in [0.4, 0.5) is 0 Å². The fourth-order valence-corrected chi connectivity index (χ4v) is 14.5. The van der Waals surface area contributed by atoms with Crippen molar-refractivity contribution in [2.24, 2.45) is 0 Å². The van der Waals surface area contributed by atoms with Gasteiger partial charge in [-0.2, -0.15) is 0 Å². The molecule has 0 spiro atoms. The molecule has 0 aliphatic rings. The first kappa shape index (κ1) is 25.7. The van der Waals surface area contributed by atoms with Gasteiger partial charge in [0.2, 0.25) is 0 Å². The van der Waals surface area contributed by atoms with Gasteiger partial charge in [0.25, 0.3) is 0 Å². The second-order valence-corrected chi connectivity index (χ2v) is 27.5. The number of hydrogen-bond acceptors (Lipinski definition) is 2. The number of rotatable bonds is 15. The Morgan fingerprint density at radius 2 is 1.03 bits per heavy atom. The van der Waals surface area contributed by atoms with Crippen LogP contribution in [0, 0.1) is 6.92 Å². The number of fused-ring (bicyclic) bond motifs is 1. The van der Waals surface area contributed by atoms with Crippen LogP contribution >= 0.6 is 22.7 Å². The molecule has 3 heteroatoms. The molecule has 0 nitrogen and oxygen atoms in total. The summed E-state index contributed by atoms with van der Waals surface area (Å²) in [5.74, 6) is 0. The van der Waals surface area contributed by atoms with E-state index in [4.69, 9.17) is 0 Å². The zero-order valence-electron chi connectivity index (χ0n) is 20.2. The van der Waals surface area contributed by atoms with Crippen LogP contribution in [-0.2, 0) is 12.8 Å².